The van der Waals surface area contributed by atoms with Gasteiger partial charge in [-0.3, -0.25) is 0 Å². The van der Waals surface area contributed by atoms with Gasteiger partial charge in [0.05, 0.1) is 10.2 Å². The van der Waals surface area contributed by atoms with Crippen LogP contribution in [-0.2, 0) is 0 Å². The zero-order chi connectivity index (χ0) is 17.7. The third-order valence-corrected chi connectivity index (χ3v) is 5.79. The number of benzene rings is 1. The molecule has 0 aliphatic carbocycles. The minimum Gasteiger partial charge on any atom is -0.383 e. The first-order valence-corrected chi connectivity index (χ1v) is 9.26. The molecule has 3 aromatic heterocycles. The van der Waals surface area contributed by atoms with Crippen LogP contribution in [0.5, 0.6) is 0 Å². The van der Waals surface area contributed by atoms with Crippen molar-refractivity contribution in [3.8, 4) is 17.2 Å². The number of anilines is 1. The summed E-state index contributed by atoms with van der Waals surface area (Å²) in [5.74, 6) is 0.257. The molecule has 0 fully saturated rings. The number of thiophene rings is 1. The molecule has 3 heterocycles. The van der Waals surface area contributed by atoms with E-state index in [1.807, 2.05) is 37.3 Å². The summed E-state index contributed by atoms with van der Waals surface area (Å²) < 4.78 is 1.93. The number of nitriles is 1. The number of hydrogen-bond acceptors (Lipinski definition) is 5. The first-order chi connectivity index (χ1) is 12.0. The van der Waals surface area contributed by atoms with Gasteiger partial charge in [-0.25, -0.2) is 9.97 Å². The highest BCUT2D eigenvalue weighted by Gasteiger charge is 2.20. The highest BCUT2D eigenvalue weighted by Crippen LogP contribution is 2.42. The van der Waals surface area contributed by atoms with Crippen LogP contribution in [0.1, 0.15) is 16.8 Å². The van der Waals surface area contributed by atoms with Crippen LogP contribution in [0.25, 0.3) is 31.6 Å². The number of halogens is 1. The molecule has 4 rings (SSSR count). The molecule has 1 aromatic carbocycles. The number of aryl methyl sites for hydroxylation is 2. The molecule has 0 amide bonds. The average molecular weight is 409 g/mol. The van der Waals surface area contributed by atoms with E-state index in [2.05, 4.69) is 38.9 Å². The molecule has 0 aliphatic heterocycles. The molecule has 0 radical (unpaired) electrons. The number of fused-ring (bicyclic) bond motifs is 3. The second-order valence-electron chi connectivity index (χ2n) is 5.91. The van der Waals surface area contributed by atoms with Gasteiger partial charge in [0.1, 0.15) is 22.3 Å². The Hall–Kier alpha value is -2.49. The van der Waals surface area contributed by atoms with E-state index >= 15 is 0 Å². The van der Waals surface area contributed by atoms with Gasteiger partial charge in [0.2, 0.25) is 0 Å². The predicted octanol–water partition coefficient (Wildman–Crippen LogP) is 5.34. The molecule has 0 saturated carbocycles. The summed E-state index contributed by atoms with van der Waals surface area (Å²) in [6.45, 7) is 4.04. The Morgan fingerprint density at radius 2 is 1.88 bits per heavy atom. The molecular weight excluding hydrogens is 396 g/mol. The largest absolute Gasteiger partial charge is 0.383 e. The number of hydrogen-bond donors (Lipinski definition) is 1. The minimum absolute atomic E-state index is 0.257. The van der Waals surface area contributed by atoms with Crippen molar-refractivity contribution >= 4 is 53.5 Å². The molecule has 0 aliphatic rings. The Balaban J connectivity index is 2.21. The molecule has 4 nitrogen and oxygen atoms in total. The number of aromatic nitrogens is 2. The lowest BCUT2D eigenvalue weighted by Gasteiger charge is -2.08. The monoisotopic (exact) mass is 408 g/mol. The zero-order valence-electron chi connectivity index (χ0n) is 13.6. The van der Waals surface area contributed by atoms with Crippen LogP contribution < -0.4 is 5.73 Å². The van der Waals surface area contributed by atoms with E-state index in [4.69, 9.17) is 5.73 Å². The van der Waals surface area contributed by atoms with Crippen LogP contribution >= 0.6 is 27.3 Å². The highest BCUT2D eigenvalue weighted by atomic mass is 79.9. The van der Waals surface area contributed by atoms with Crippen LogP contribution in [0, 0.1) is 25.2 Å². The van der Waals surface area contributed by atoms with Crippen molar-refractivity contribution in [1.82, 2.24) is 9.97 Å². The zero-order valence-corrected chi connectivity index (χ0v) is 16.0. The maximum Gasteiger partial charge on any atom is 0.142 e. The first-order valence-electron chi connectivity index (χ1n) is 7.65. The van der Waals surface area contributed by atoms with Crippen LogP contribution in [-0.4, -0.2) is 9.97 Å². The molecule has 25 heavy (non-hydrogen) atoms. The molecule has 6 heteroatoms. The van der Waals surface area contributed by atoms with E-state index in [1.54, 1.807) is 11.3 Å². The molecule has 0 atom stereocenters. The molecular formula is C19H13BrN4S. The summed E-state index contributed by atoms with van der Waals surface area (Å²) in [5, 5.41) is 10.7. The van der Waals surface area contributed by atoms with E-state index < -0.39 is 0 Å². The number of rotatable bonds is 1. The number of nitrogens with two attached hydrogens (primary N) is 1. The van der Waals surface area contributed by atoms with E-state index in [1.165, 1.54) is 0 Å². The Labute approximate surface area is 157 Å². The lowest BCUT2D eigenvalue weighted by atomic mass is 10.00. The SMILES string of the molecule is Cc1cc(C)c2c(n1)sc1c(-c3ccc(Br)cc3)c(C#N)c(N)nc12. The molecule has 4 aromatic rings. The summed E-state index contributed by atoms with van der Waals surface area (Å²) in [4.78, 5) is 10.1. The van der Waals surface area contributed by atoms with Crippen molar-refractivity contribution in [2.45, 2.75) is 13.8 Å². The molecule has 0 spiro atoms. The first kappa shape index (κ1) is 16.0. The Morgan fingerprint density at radius 3 is 2.56 bits per heavy atom. The van der Waals surface area contributed by atoms with Gasteiger partial charge in [0, 0.05) is 21.1 Å². The number of nitrogen functional groups attached to an aromatic ring is 1. The van der Waals surface area contributed by atoms with Crippen LogP contribution in [0.2, 0.25) is 0 Å². The van der Waals surface area contributed by atoms with E-state index in [-0.39, 0.29) is 5.82 Å². The summed E-state index contributed by atoms with van der Waals surface area (Å²) in [5.41, 5.74) is 11.2. The van der Waals surface area contributed by atoms with Gasteiger partial charge in [0.15, 0.2) is 0 Å². The molecule has 0 saturated heterocycles. The van der Waals surface area contributed by atoms with Crippen molar-refractivity contribution in [1.29, 1.82) is 5.26 Å². The quantitative estimate of drug-likeness (QED) is 0.460. The van der Waals surface area contributed by atoms with Crippen molar-refractivity contribution < 1.29 is 0 Å². The van der Waals surface area contributed by atoms with E-state index in [0.717, 1.165) is 47.3 Å². The van der Waals surface area contributed by atoms with Crippen molar-refractivity contribution in [3.05, 3.63) is 51.6 Å². The van der Waals surface area contributed by atoms with Crippen LogP contribution in [0.15, 0.2) is 34.8 Å². The molecule has 0 unspecified atom stereocenters. The highest BCUT2D eigenvalue weighted by molar-refractivity contribution is 9.10. The van der Waals surface area contributed by atoms with Crippen molar-refractivity contribution in [2.24, 2.45) is 0 Å². The summed E-state index contributed by atoms with van der Waals surface area (Å²) >= 11 is 5.02. The minimum atomic E-state index is 0.257. The van der Waals surface area contributed by atoms with Gasteiger partial charge < -0.3 is 5.73 Å². The van der Waals surface area contributed by atoms with Crippen LogP contribution in [0.4, 0.5) is 5.82 Å². The normalized spacial score (nSPS) is 11.1. The van der Waals surface area contributed by atoms with Crippen molar-refractivity contribution in [2.75, 3.05) is 5.73 Å². The summed E-state index contributed by atoms with van der Waals surface area (Å²) in [6.07, 6.45) is 0. The summed E-state index contributed by atoms with van der Waals surface area (Å²) in [7, 11) is 0. The second-order valence-corrected chi connectivity index (χ2v) is 7.82. The fourth-order valence-electron chi connectivity index (χ4n) is 3.12. The Kier molecular flexibility index (Phi) is 3.71. The van der Waals surface area contributed by atoms with Gasteiger partial charge in [-0.05, 0) is 43.2 Å². The smallest absolute Gasteiger partial charge is 0.142 e. The Morgan fingerprint density at radius 1 is 1.16 bits per heavy atom. The number of nitrogens with zero attached hydrogens (tertiary/aromatic N) is 3. The standard InChI is InChI=1S/C19H13BrN4S/c1-9-7-10(2)23-19-14(9)16-17(25-19)15(13(8-21)18(22)24-16)11-3-5-12(20)6-4-11/h3-7H,1-2H3,(H2,22,24). The van der Waals surface area contributed by atoms with E-state index in [9.17, 15) is 5.26 Å². The van der Waals surface area contributed by atoms with E-state index in [0.29, 0.717) is 5.56 Å². The van der Waals surface area contributed by atoms with Gasteiger partial charge >= 0.3 is 0 Å². The third-order valence-electron chi connectivity index (χ3n) is 4.17. The fourth-order valence-corrected chi connectivity index (χ4v) is 4.70. The van der Waals surface area contributed by atoms with Crippen molar-refractivity contribution in [3.63, 3.8) is 0 Å². The van der Waals surface area contributed by atoms with Gasteiger partial charge in [-0.15, -0.1) is 11.3 Å². The van der Waals surface area contributed by atoms with Crippen LogP contribution in [0.3, 0.4) is 0 Å². The third kappa shape index (κ3) is 2.48. The molecule has 0 bridgehead atoms. The maximum atomic E-state index is 9.66. The lowest BCUT2D eigenvalue weighted by Crippen LogP contribution is -1.98. The average Bonchev–Trinajstić information content (AvgIpc) is 2.92. The molecule has 122 valence electrons. The maximum absolute atomic E-state index is 9.66. The second kappa shape index (κ2) is 5.80. The topological polar surface area (TPSA) is 75.6 Å². The predicted molar refractivity (Wildman–Crippen MR) is 107 cm³/mol. The number of pyridine rings is 2. The summed E-state index contributed by atoms with van der Waals surface area (Å²) in [6, 6.07) is 12.2. The van der Waals surface area contributed by atoms with Gasteiger partial charge in [-0.1, -0.05) is 28.1 Å². The molecule has 2 N–H and O–H groups in total. The fraction of sp³-hybridized carbons (Fsp3) is 0.105. The lowest BCUT2D eigenvalue weighted by molar-refractivity contribution is 1.25. The van der Waals surface area contributed by atoms with Gasteiger partial charge in [-0.2, -0.15) is 5.26 Å². The van der Waals surface area contributed by atoms with Gasteiger partial charge in [0.25, 0.3) is 0 Å². The Bertz CT molecular complexity index is 1190.